The summed E-state index contributed by atoms with van der Waals surface area (Å²) in [6.07, 6.45) is 5.38. The second kappa shape index (κ2) is 8.83. The monoisotopic (exact) mass is 349 g/mol. The summed E-state index contributed by atoms with van der Waals surface area (Å²) in [5.41, 5.74) is 4.75. The molecule has 1 fully saturated rings. The van der Waals surface area contributed by atoms with Crippen LogP contribution in [0.3, 0.4) is 0 Å². The van der Waals surface area contributed by atoms with Crippen molar-refractivity contribution in [1.82, 2.24) is 5.43 Å². The lowest BCUT2D eigenvalue weighted by atomic mass is 9.89. The number of carbonyl (C=O) groups excluding carboxylic acids is 2. The molecule has 1 saturated carbocycles. The molecule has 2 amide bonds. The van der Waals surface area contributed by atoms with Gasteiger partial charge in [-0.25, -0.2) is 5.43 Å². The van der Waals surface area contributed by atoms with Gasteiger partial charge in [-0.1, -0.05) is 36.9 Å². The third-order valence-corrected chi connectivity index (χ3v) is 4.61. The highest BCUT2D eigenvalue weighted by atomic mass is 35.5. The van der Waals surface area contributed by atoms with E-state index >= 15 is 0 Å². The molecule has 5 nitrogen and oxygen atoms in total. The number of hydrogen-bond donors (Lipinski definition) is 2. The highest BCUT2D eigenvalue weighted by molar-refractivity contribution is 6.31. The Bertz CT molecular complexity index is 637. The number of nitrogens with one attached hydrogen (secondary N) is 2. The molecule has 0 heterocycles. The van der Waals surface area contributed by atoms with Crippen LogP contribution in [0.2, 0.25) is 5.02 Å². The normalized spacial score (nSPS) is 15.9. The van der Waals surface area contributed by atoms with Gasteiger partial charge in [0.2, 0.25) is 11.8 Å². The molecule has 0 bridgehead atoms. The quantitative estimate of drug-likeness (QED) is 0.621. The molecule has 1 aromatic carbocycles. The standard InChI is InChI=1S/C18H24ClN3O2/c1-12-8-9-15(11-16(12)19)20-17(23)10-13(2)21-22-18(24)14-6-4-3-5-7-14/h8-9,11,14H,3-7,10H2,1-2H3,(H,20,23)(H,22,24)/b21-13-. The van der Waals surface area contributed by atoms with E-state index in [1.54, 1.807) is 19.1 Å². The number of hydrogen-bond acceptors (Lipinski definition) is 3. The molecule has 1 aromatic rings. The lowest BCUT2D eigenvalue weighted by Crippen LogP contribution is -2.29. The van der Waals surface area contributed by atoms with Gasteiger partial charge in [0.1, 0.15) is 0 Å². The summed E-state index contributed by atoms with van der Waals surface area (Å²) >= 11 is 6.04. The van der Waals surface area contributed by atoms with Gasteiger partial charge in [-0.2, -0.15) is 5.10 Å². The third-order valence-electron chi connectivity index (χ3n) is 4.20. The number of amides is 2. The lowest BCUT2D eigenvalue weighted by molar-refractivity contribution is -0.126. The second-order valence-corrected chi connectivity index (χ2v) is 6.75. The molecular weight excluding hydrogens is 326 g/mol. The minimum atomic E-state index is -0.192. The minimum Gasteiger partial charge on any atom is -0.326 e. The number of benzene rings is 1. The van der Waals surface area contributed by atoms with Gasteiger partial charge in [-0.05, 0) is 44.4 Å². The molecule has 0 aliphatic heterocycles. The summed E-state index contributed by atoms with van der Waals surface area (Å²) in [4.78, 5) is 24.0. The van der Waals surface area contributed by atoms with E-state index in [2.05, 4.69) is 15.8 Å². The van der Waals surface area contributed by atoms with Gasteiger partial charge >= 0.3 is 0 Å². The van der Waals surface area contributed by atoms with Crippen molar-refractivity contribution in [3.05, 3.63) is 28.8 Å². The van der Waals surface area contributed by atoms with Crippen LogP contribution in [0, 0.1) is 12.8 Å². The molecule has 0 spiro atoms. The Morgan fingerprint density at radius 1 is 1.25 bits per heavy atom. The predicted octanol–water partition coefficient (Wildman–Crippen LogP) is 4.05. The zero-order valence-electron chi connectivity index (χ0n) is 14.2. The molecule has 130 valence electrons. The highest BCUT2D eigenvalue weighted by Gasteiger charge is 2.20. The molecule has 6 heteroatoms. The largest absolute Gasteiger partial charge is 0.326 e. The third kappa shape index (κ3) is 5.64. The summed E-state index contributed by atoms with van der Waals surface area (Å²) in [7, 11) is 0. The number of carbonyl (C=O) groups is 2. The number of halogens is 1. The maximum atomic E-state index is 12.0. The van der Waals surface area contributed by atoms with Crippen LogP contribution in [-0.2, 0) is 9.59 Å². The van der Waals surface area contributed by atoms with Crippen LogP contribution < -0.4 is 10.7 Å². The maximum absolute atomic E-state index is 12.0. The van der Waals surface area contributed by atoms with E-state index in [9.17, 15) is 9.59 Å². The molecule has 1 aliphatic carbocycles. The van der Waals surface area contributed by atoms with E-state index in [-0.39, 0.29) is 24.2 Å². The smallest absolute Gasteiger partial charge is 0.243 e. The van der Waals surface area contributed by atoms with E-state index in [4.69, 9.17) is 11.6 Å². The molecule has 24 heavy (non-hydrogen) atoms. The van der Waals surface area contributed by atoms with Crippen LogP contribution in [0.15, 0.2) is 23.3 Å². The average Bonchev–Trinajstić information content (AvgIpc) is 2.56. The van der Waals surface area contributed by atoms with Crippen LogP contribution in [-0.4, -0.2) is 17.5 Å². The molecule has 0 atom stereocenters. The van der Waals surface area contributed by atoms with E-state index in [1.807, 2.05) is 13.0 Å². The molecule has 0 saturated heterocycles. The summed E-state index contributed by atoms with van der Waals surface area (Å²) in [5, 5.41) is 7.43. The number of rotatable bonds is 5. The Hall–Kier alpha value is -1.88. The average molecular weight is 350 g/mol. The SMILES string of the molecule is C/C(CC(=O)Nc1ccc(C)c(Cl)c1)=N/NC(=O)C1CCCCC1. The van der Waals surface area contributed by atoms with Gasteiger partial charge in [0, 0.05) is 22.3 Å². The molecule has 1 aliphatic rings. The fourth-order valence-corrected chi connectivity index (χ4v) is 2.93. The first kappa shape index (κ1) is 18.5. The first-order chi connectivity index (χ1) is 11.5. The van der Waals surface area contributed by atoms with Crippen LogP contribution >= 0.6 is 11.6 Å². The number of nitrogens with zero attached hydrogens (tertiary/aromatic N) is 1. The molecule has 2 rings (SSSR count). The van der Waals surface area contributed by atoms with E-state index in [1.165, 1.54) is 6.42 Å². The second-order valence-electron chi connectivity index (χ2n) is 6.35. The van der Waals surface area contributed by atoms with Gasteiger partial charge in [-0.3, -0.25) is 9.59 Å². The van der Waals surface area contributed by atoms with E-state index in [0.29, 0.717) is 16.4 Å². The first-order valence-electron chi connectivity index (χ1n) is 8.34. The molecular formula is C18H24ClN3O2. The van der Waals surface area contributed by atoms with Gasteiger partial charge in [0.15, 0.2) is 0 Å². The van der Waals surface area contributed by atoms with Crippen molar-refractivity contribution in [3.63, 3.8) is 0 Å². The summed E-state index contributed by atoms with van der Waals surface area (Å²) in [6, 6.07) is 5.37. The minimum absolute atomic E-state index is 0.0419. The number of anilines is 1. The van der Waals surface area contributed by atoms with E-state index < -0.39 is 0 Å². The summed E-state index contributed by atoms with van der Waals surface area (Å²) in [6.45, 7) is 3.63. The van der Waals surface area contributed by atoms with E-state index in [0.717, 1.165) is 31.2 Å². The lowest BCUT2D eigenvalue weighted by Gasteiger charge is -2.19. The topological polar surface area (TPSA) is 70.6 Å². The van der Waals surface area contributed by atoms with Crippen molar-refractivity contribution >= 4 is 34.8 Å². The Labute approximate surface area is 147 Å². The Kier molecular flexibility index (Phi) is 6.79. The Balaban J connectivity index is 1.81. The van der Waals surface area contributed by atoms with Gasteiger partial charge in [-0.15, -0.1) is 0 Å². The van der Waals surface area contributed by atoms with Crippen molar-refractivity contribution in [3.8, 4) is 0 Å². The Morgan fingerprint density at radius 3 is 2.62 bits per heavy atom. The predicted molar refractivity (Wildman–Crippen MR) is 97.3 cm³/mol. The first-order valence-corrected chi connectivity index (χ1v) is 8.72. The fourth-order valence-electron chi connectivity index (χ4n) is 2.75. The van der Waals surface area contributed by atoms with Gasteiger partial charge in [0.25, 0.3) is 0 Å². The number of aryl methyl sites for hydroxylation is 1. The maximum Gasteiger partial charge on any atom is 0.243 e. The van der Waals surface area contributed by atoms with Gasteiger partial charge in [0.05, 0.1) is 6.42 Å². The summed E-state index contributed by atoms with van der Waals surface area (Å²) < 4.78 is 0. The van der Waals surface area contributed by atoms with Gasteiger partial charge < -0.3 is 5.32 Å². The van der Waals surface area contributed by atoms with Crippen molar-refractivity contribution in [1.29, 1.82) is 0 Å². The summed E-state index contributed by atoms with van der Waals surface area (Å²) in [5.74, 6) is -0.179. The molecule has 2 N–H and O–H groups in total. The van der Waals surface area contributed by atoms with Crippen LogP contribution in [0.4, 0.5) is 5.69 Å². The zero-order chi connectivity index (χ0) is 17.5. The fraction of sp³-hybridized carbons (Fsp3) is 0.500. The van der Waals surface area contributed by atoms with Crippen molar-refractivity contribution in [2.75, 3.05) is 5.32 Å². The highest BCUT2D eigenvalue weighted by Crippen LogP contribution is 2.23. The van der Waals surface area contributed by atoms with Crippen molar-refractivity contribution in [2.24, 2.45) is 11.0 Å². The van der Waals surface area contributed by atoms with Crippen molar-refractivity contribution < 1.29 is 9.59 Å². The molecule has 0 unspecified atom stereocenters. The molecule has 0 aromatic heterocycles. The molecule has 0 radical (unpaired) electrons. The van der Waals surface area contributed by atoms with Crippen molar-refractivity contribution in [2.45, 2.75) is 52.4 Å². The Morgan fingerprint density at radius 2 is 1.96 bits per heavy atom. The zero-order valence-corrected chi connectivity index (χ0v) is 14.9. The van der Waals surface area contributed by atoms with Crippen LogP contribution in [0.1, 0.15) is 51.0 Å². The van der Waals surface area contributed by atoms with Crippen LogP contribution in [0.25, 0.3) is 0 Å². The van der Waals surface area contributed by atoms with Crippen LogP contribution in [0.5, 0.6) is 0 Å². The number of hydrazone groups is 1.